The summed E-state index contributed by atoms with van der Waals surface area (Å²) in [6.07, 6.45) is -0.0702. The zero-order valence-electron chi connectivity index (χ0n) is 9.10. The first-order valence-corrected chi connectivity index (χ1v) is 4.87. The Morgan fingerprint density at radius 3 is 2.40 bits per heavy atom. The molecule has 0 aliphatic rings. The normalized spacial score (nSPS) is 16.5. The van der Waals surface area contributed by atoms with Gasteiger partial charge in [-0.05, 0) is 19.4 Å². The number of carbonyl (C=O) groups excluding carboxylic acids is 1. The lowest BCUT2D eigenvalue weighted by Crippen LogP contribution is -2.38. The van der Waals surface area contributed by atoms with Gasteiger partial charge in [0.25, 0.3) is 0 Å². The lowest BCUT2D eigenvalue weighted by molar-refractivity contribution is -0.115. The minimum atomic E-state index is -0.910. The molecule has 2 atom stereocenters. The Morgan fingerprint density at radius 1 is 1.47 bits per heavy atom. The third-order valence-corrected chi connectivity index (χ3v) is 2.68. The number of hydrogen-bond donors (Lipinski definition) is 1. The first kappa shape index (κ1) is 11.7. The molecule has 2 heteroatoms. The van der Waals surface area contributed by atoms with Crippen molar-refractivity contribution >= 4 is 6.29 Å². The molecule has 0 aliphatic carbocycles. The molecular formula is C13H16O2. The van der Waals surface area contributed by atoms with Crippen molar-refractivity contribution in [2.75, 3.05) is 0 Å². The van der Waals surface area contributed by atoms with Gasteiger partial charge in [-0.1, -0.05) is 42.5 Å². The van der Waals surface area contributed by atoms with Crippen molar-refractivity contribution in [3.8, 4) is 0 Å². The van der Waals surface area contributed by atoms with E-state index in [0.29, 0.717) is 5.57 Å². The third kappa shape index (κ3) is 2.16. The predicted molar refractivity (Wildman–Crippen MR) is 60.7 cm³/mol. The second-order valence-electron chi connectivity index (χ2n) is 4.02. The fraction of sp³-hybridized carbons (Fsp3) is 0.308. The highest BCUT2D eigenvalue weighted by Crippen LogP contribution is 2.28. The summed E-state index contributed by atoms with van der Waals surface area (Å²) >= 11 is 0. The molecule has 2 unspecified atom stereocenters. The summed E-state index contributed by atoms with van der Waals surface area (Å²) in [6.45, 7) is 7.12. The van der Waals surface area contributed by atoms with Crippen molar-refractivity contribution in [1.82, 2.24) is 0 Å². The minimum absolute atomic E-state index is 0.591. The summed E-state index contributed by atoms with van der Waals surface area (Å²) in [4.78, 5) is 11.2. The van der Waals surface area contributed by atoms with E-state index in [9.17, 15) is 9.90 Å². The predicted octanol–water partition coefficient (Wildman–Crippen LogP) is 2.08. The molecular weight excluding hydrogens is 188 g/mol. The van der Waals surface area contributed by atoms with Crippen LogP contribution in [0.4, 0.5) is 0 Å². The molecule has 1 aromatic rings. The molecule has 0 saturated carbocycles. The van der Waals surface area contributed by atoms with Crippen LogP contribution in [0.15, 0.2) is 42.5 Å². The molecule has 0 bridgehead atoms. The van der Waals surface area contributed by atoms with Gasteiger partial charge in [-0.15, -0.1) is 0 Å². The highest BCUT2D eigenvalue weighted by atomic mass is 16.3. The molecule has 0 fully saturated rings. The van der Waals surface area contributed by atoms with Gasteiger partial charge in [-0.3, -0.25) is 0 Å². The first-order chi connectivity index (χ1) is 7.02. The molecule has 1 aromatic carbocycles. The van der Waals surface area contributed by atoms with E-state index >= 15 is 0 Å². The third-order valence-electron chi connectivity index (χ3n) is 2.68. The zero-order chi connectivity index (χ0) is 11.5. The quantitative estimate of drug-likeness (QED) is 0.602. The molecule has 2 nitrogen and oxygen atoms in total. The van der Waals surface area contributed by atoms with Crippen LogP contribution in [0.25, 0.3) is 0 Å². The SMILES string of the molecule is C=C(C)C(O)C(C)(C=O)c1ccccc1. The number of hydrogen-bond acceptors (Lipinski definition) is 2. The molecule has 1 rings (SSSR count). The molecule has 80 valence electrons. The number of carbonyl (C=O) groups is 1. The highest BCUT2D eigenvalue weighted by molar-refractivity contribution is 5.70. The van der Waals surface area contributed by atoms with E-state index in [1.807, 2.05) is 30.3 Å². The van der Waals surface area contributed by atoms with E-state index in [1.165, 1.54) is 0 Å². The van der Waals surface area contributed by atoms with Crippen molar-refractivity contribution in [2.45, 2.75) is 25.4 Å². The van der Waals surface area contributed by atoms with E-state index in [2.05, 4.69) is 6.58 Å². The van der Waals surface area contributed by atoms with Crippen LogP contribution in [0, 0.1) is 0 Å². The second-order valence-corrected chi connectivity index (χ2v) is 4.02. The van der Waals surface area contributed by atoms with Crippen LogP contribution in [0.3, 0.4) is 0 Å². The van der Waals surface area contributed by atoms with Crippen molar-refractivity contribution in [1.29, 1.82) is 0 Å². The van der Waals surface area contributed by atoms with Gasteiger partial charge in [0.15, 0.2) is 0 Å². The summed E-state index contributed by atoms with van der Waals surface area (Å²) in [5, 5.41) is 9.97. The molecule has 0 aliphatic heterocycles. The van der Waals surface area contributed by atoms with Crippen molar-refractivity contribution < 1.29 is 9.90 Å². The smallest absolute Gasteiger partial charge is 0.133 e. The average Bonchev–Trinajstić information content (AvgIpc) is 2.28. The second kappa shape index (κ2) is 4.41. The largest absolute Gasteiger partial charge is 0.387 e. The van der Waals surface area contributed by atoms with Gasteiger partial charge >= 0.3 is 0 Å². The van der Waals surface area contributed by atoms with Crippen molar-refractivity contribution in [2.24, 2.45) is 0 Å². The number of aldehydes is 1. The number of aliphatic hydroxyl groups excluding tert-OH is 1. The van der Waals surface area contributed by atoms with Crippen LogP contribution in [0.2, 0.25) is 0 Å². The summed E-state index contributed by atoms with van der Waals surface area (Å²) in [5.41, 5.74) is 0.483. The van der Waals surface area contributed by atoms with E-state index in [0.717, 1.165) is 11.8 Å². The van der Waals surface area contributed by atoms with Crippen LogP contribution >= 0.6 is 0 Å². The zero-order valence-corrected chi connectivity index (χ0v) is 9.10. The van der Waals surface area contributed by atoms with Crippen LogP contribution < -0.4 is 0 Å². The standard InChI is InChI=1S/C13H16O2/c1-10(2)12(15)13(3,9-14)11-7-5-4-6-8-11/h4-9,12,15H,1H2,2-3H3. The number of aliphatic hydroxyl groups is 1. The van der Waals surface area contributed by atoms with E-state index in [4.69, 9.17) is 0 Å². The molecule has 15 heavy (non-hydrogen) atoms. The monoisotopic (exact) mass is 204 g/mol. The topological polar surface area (TPSA) is 37.3 Å². The molecule has 0 saturated heterocycles. The lowest BCUT2D eigenvalue weighted by Gasteiger charge is -2.29. The van der Waals surface area contributed by atoms with Gasteiger partial charge in [-0.2, -0.15) is 0 Å². The van der Waals surface area contributed by atoms with Gasteiger partial charge in [0.2, 0.25) is 0 Å². The fourth-order valence-electron chi connectivity index (χ4n) is 1.60. The van der Waals surface area contributed by atoms with Gasteiger partial charge < -0.3 is 9.90 Å². The first-order valence-electron chi connectivity index (χ1n) is 4.87. The molecule has 1 N–H and O–H groups in total. The fourth-order valence-corrected chi connectivity index (χ4v) is 1.60. The number of rotatable bonds is 4. The van der Waals surface area contributed by atoms with Crippen molar-refractivity contribution in [3.63, 3.8) is 0 Å². The van der Waals surface area contributed by atoms with E-state index in [-0.39, 0.29) is 0 Å². The summed E-state index contributed by atoms with van der Waals surface area (Å²) in [6, 6.07) is 9.24. The average molecular weight is 204 g/mol. The maximum Gasteiger partial charge on any atom is 0.133 e. The Balaban J connectivity index is 3.16. The Kier molecular flexibility index (Phi) is 3.43. The number of benzene rings is 1. The van der Waals surface area contributed by atoms with Crippen LogP contribution in [-0.2, 0) is 10.2 Å². The maximum atomic E-state index is 11.2. The Hall–Kier alpha value is -1.41. The maximum absolute atomic E-state index is 11.2. The molecule has 0 radical (unpaired) electrons. The van der Waals surface area contributed by atoms with Gasteiger partial charge in [0.05, 0.1) is 11.5 Å². The Morgan fingerprint density at radius 2 is 2.00 bits per heavy atom. The minimum Gasteiger partial charge on any atom is -0.387 e. The molecule has 0 spiro atoms. The summed E-state index contributed by atoms with van der Waals surface area (Å²) < 4.78 is 0. The van der Waals surface area contributed by atoms with Gasteiger partial charge in [0, 0.05) is 0 Å². The Labute approximate surface area is 90.3 Å². The van der Waals surface area contributed by atoms with Gasteiger partial charge in [0.1, 0.15) is 6.29 Å². The van der Waals surface area contributed by atoms with Gasteiger partial charge in [-0.25, -0.2) is 0 Å². The summed E-state index contributed by atoms with van der Waals surface area (Å²) in [7, 11) is 0. The summed E-state index contributed by atoms with van der Waals surface area (Å²) in [5.74, 6) is 0. The molecule has 0 aromatic heterocycles. The van der Waals surface area contributed by atoms with Crippen LogP contribution in [0.1, 0.15) is 19.4 Å². The van der Waals surface area contributed by atoms with E-state index < -0.39 is 11.5 Å². The van der Waals surface area contributed by atoms with E-state index in [1.54, 1.807) is 13.8 Å². The lowest BCUT2D eigenvalue weighted by atomic mass is 9.76. The van der Waals surface area contributed by atoms with Crippen LogP contribution in [-0.4, -0.2) is 17.5 Å². The highest BCUT2D eigenvalue weighted by Gasteiger charge is 2.34. The molecule has 0 heterocycles. The van der Waals surface area contributed by atoms with Crippen LogP contribution in [0.5, 0.6) is 0 Å². The van der Waals surface area contributed by atoms with Crippen molar-refractivity contribution in [3.05, 3.63) is 48.0 Å². The molecule has 0 amide bonds. The Bertz CT molecular complexity index is 356.